The van der Waals surface area contributed by atoms with Gasteiger partial charge in [0.25, 0.3) is 0 Å². The predicted octanol–water partition coefficient (Wildman–Crippen LogP) is 1.82. The Morgan fingerprint density at radius 2 is 2.22 bits per heavy atom. The molecule has 1 atom stereocenters. The predicted molar refractivity (Wildman–Crippen MR) is 69.8 cm³/mol. The molecule has 0 aromatic heterocycles. The van der Waals surface area contributed by atoms with Gasteiger partial charge in [-0.2, -0.15) is 0 Å². The summed E-state index contributed by atoms with van der Waals surface area (Å²) in [6.07, 6.45) is 2.57. The fourth-order valence-electron chi connectivity index (χ4n) is 1.94. The van der Waals surface area contributed by atoms with Crippen molar-refractivity contribution in [3.8, 4) is 11.5 Å². The summed E-state index contributed by atoms with van der Waals surface area (Å²) in [5, 5.41) is 22.4. The van der Waals surface area contributed by atoms with Crippen LogP contribution in [0, 0.1) is 5.92 Å². The van der Waals surface area contributed by atoms with E-state index < -0.39 is 0 Å². The Morgan fingerprint density at radius 3 is 2.83 bits per heavy atom. The fourth-order valence-corrected chi connectivity index (χ4v) is 1.94. The number of hydrogen-bond acceptors (Lipinski definition) is 4. The summed E-state index contributed by atoms with van der Waals surface area (Å²) in [5.41, 5.74) is 0.944. The molecule has 0 spiro atoms. The third-order valence-corrected chi connectivity index (χ3v) is 3.22. The van der Waals surface area contributed by atoms with E-state index in [1.54, 1.807) is 12.1 Å². The summed E-state index contributed by atoms with van der Waals surface area (Å²) in [6, 6.07) is 5.13. The molecule has 0 radical (unpaired) electrons. The highest BCUT2D eigenvalue weighted by Crippen LogP contribution is 2.31. The van der Waals surface area contributed by atoms with Crippen LogP contribution in [0.15, 0.2) is 18.2 Å². The fraction of sp³-hybridized carbons (Fsp3) is 0.571. The zero-order chi connectivity index (χ0) is 13.0. The lowest BCUT2D eigenvalue weighted by Crippen LogP contribution is -2.26. The van der Waals surface area contributed by atoms with Gasteiger partial charge in [0.1, 0.15) is 0 Å². The Bertz CT molecular complexity index is 391. The second-order valence-electron chi connectivity index (χ2n) is 4.75. The van der Waals surface area contributed by atoms with Gasteiger partial charge < -0.3 is 20.3 Å². The molecule has 0 amide bonds. The second-order valence-corrected chi connectivity index (χ2v) is 4.75. The average molecular weight is 251 g/mol. The molecule has 0 heterocycles. The van der Waals surface area contributed by atoms with Crippen molar-refractivity contribution in [3.63, 3.8) is 0 Å². The van der Waals surface area contributed by atoms with Crippen molar-refractivity contribution >= 4 is 0 Å². The monoisotopic (exact) mass is 251 g/mol. The van der Waals surface area contributed by atoms with Gasteiger partial charge in [-0.05, 0) is 49.9 Å². The lowest BCUT2D eigenvalue weighted by atomic mass is 10.1. The van der Waals surface area contributed by atoms with Crippen molar-refractivity contribution < 1.29 is 14.9 Å². The molecule has 2 rings (SSSR count). The number of benzene rings is 1. The third kappa shape index (κ3) is 3.37. The molecule has 1 aromatic rings. The molecular formula is C14H21NO3. The zero-order valence-corrected chi connectivity index (χ0v) is 10.7. The first-order chi connectivity index (χ1) is 8.74. The number of aliphatic hydroxyl groups excluding tert-OH is 1. The van der Waals surface area contributed by atoms with E-state index in [4.69, 9.17) is 4.74 Å². The molecule has 0 bridgehead atoms. The van der Waals surface area contributed by atoms with Gasteiger partial charge in [-0.15, -0.1) is 0 Å². The largest absolute Gasteiger partial charge is 0.504 e. The Hall–Kier alpha value is -1.26. The number of hydrogen-bond donors (Lipinski definition) is 3. The van der Waals surface area contributed by atoms with Crippen molar-refractivity contribution in [2.24, 2.45) is 5.92 Å². The molecule has 1 aromatic carbocycles. The van der Waals surface area contributed by atoms with Crippen LogP contribution in [0.5, 0.6) is 11.5 Å². The first-order valence-electron chi connectivity index (χ1n) is 6.54. The normalized spacial score (nSPS) is 16.6. The van der Waals surface area contributed by atoms with Gasteiger partial charge in [0, 0.05) is 0 Å². The van der Waals surface area contributed by atoms with Crippen LogP contribution >= 0.6 is 0 Å². The topological polar surface area (TPSA) is 61.7 Å². The third-order valence-electron chi connectivity index (χ3n) is 3.22. The van der Waals surface area contributed by atoms with Crippen molar-refractivity contribution in [2.75, 3.05) is 19.8 Å². The molecule has 1 unspecified atom stereocenters. The highest BCUT2D eigenvalue weighted by atomic mass is 16.5. The van der Waals surface area contributed by atoms with Gasteiger partial charge >= 0.3 is 0 Å². The summed E-state index contributed by atoms with van der Waals surface area (Å²) in [6.45, 7) is 3.37. The van der Waals surface area contributed by atoms with Crippen molar-refractivity contribution in [1.82, 2.24) is 5.32 Å². The van der Waals surface area contributed by atoms with Crippen LogP contribution in [0.1, 0.15) is 31.4 Å². The van der Waals surface area contributed by atoms with E-state index in [0.717, 1.165) is 18.0 Å². The summed E-state index contributed by atoms with van der Waals surface area (Å²) < 4.78 is 5.35. The highest BCUT2D eigenvalue weighted by molar-refractivity contribution is 5.42. The first kappa shape index (κ1) is 13.2. The van der Waals surface area contributed by atoms with Crippen LogP contribution in [0.4, 0.5) is 0 Å². The molecule has 0 saturated heterocycles. The van der Waals surface area contributed by atoms with Gasteiger partial charge in [-0.1, -0.05) is 6.07 Å². The summed E-state index contributed by atoms with van der Waals surface area (Å²) in [5.74, 6) is 1.38. The molecule has 1 fully saturated rings. The van der Waals surface area contributed by atoms with E-state index in [2.05, 4.69) is 5.32 Å². The van der Waals surface area contributed by atoms with Gasteiger partial charge in [0.05, 0.1) is 19.3 Å². The number of rotatable bonds is 7. The van der Waals surface area contributed by atoms with Crippen LogP contribution in [0.3, 0.4) is 0 Å². The Balaban J connectivity index is 2.05. The van der Waals surface area contributed by atoms with E-state index in [0.29, 0.717) is 12.4 Å². The summed E-state index contributed by atoms with van der Waals surface area (Å²) in [7, 11) is 0. The van der Waals surface area contributed by atoms with Crippen LogP contribution in [0.25, 0.3) is 0 Å². The highest BCUT2D eigenvalue weighted by Gasteiger charge is 2.22. The standard InChI is InChI=1S/C14H21NO3/c1-2-18-14-7-11(5-6-13(14)17)12(9-16)15-8-10-3-4-10/h5-7,10,12,15-17H,2-4,8-9H2,1H3. The van der Waals surface area contributed by atoms with Crippen LogP contribution in [0.2, 0.25) is 0 Å². The lowest BCUT2D eigenvalue weighted by molar-refractivity contribution is 0.242. The minimum atomic E-state index is -0.0922. The van der Waals surface area contributed by atoms with Crippen molar-refractivity contribution in [3.05, 3.63) is 23.8 Å². The summed E-state index contributed by atoms with van der Waals surface area (Å²) >= 11 is 0. The molecule has 1 aliphatic rings. The van der Waals surface area contributed by atoms with Gasteiger partial charge in [0.15, 0.2) is 11.5 Å². The maximum Gasteiger partial charge on any atom is 0.161 e. The summed E-state index contributed by atoms with van der Waals surface area (Å²) in [4.78, 5) is 0. The number of aliphatic hydroxyl groups is 1. The molecule has 3 N–H and O–H groups in total. The van der Waals surface area contributed by atoms with E-state index in [-0.39, 0.29) is 18.4 Å². The quantitative estimate of drug-likeness (QED) is 0.692. The SMILES string of the molecule is CCOc1cc(C(CO)NCC2CC2)ccc1O. The Kier molecular flexibility index (Phi) is 4.44. The molecule has 4 nitrogen and oxygen atoms in total. The van der Waals surface area contributed by atoms with E-state index in [9.17, 15) is 10.2 Å². The number of ether oxygens (including phenoxy) is 1. The smallest absolute Gasteiger partial charge is 0.161 e. The molecular weight excluding hydrogens is 230 g/mol. The molecule has 100 valence electrons. The zero-order valence-electron chi connectivity index (χ0n) is 10.7. The second kappa shape index (κ2) is 6.07. The number of phenolic OH excluding ortho intramolecular Hbond substituents is 1. The van der Waals surface area contributed by atoms with Crippen molar-refractivity contribution in [1.29, 1.82) is 0 Å². The molecule has 18 heavy (non-hydrogen) atoms. The Morgan fingerprint density at radius 1 is 1.44 bits per heavy atom. The van der Waals surface area contributed by atoms with E-state index >= 15 is 0 Å². The molecule has 1 saturated carbocycles. The van der Waals surface area contributed by atoms with Crippen LogP contribution in [-0.2, 0) is 0 Å². The number of phenols is 1. The maximum absolute atomic E-state index is 9.64. The van der Waals surface area contributed by atoms with E-state index in [1.165, 1.54) is 12.8 Å². The maximum atomic E-state index is 9.64. The van der Waals surface area contributed by atoms with Gasteiger partial charge in [0.2, 0.25) is 0 Å². The van der Waals surface area contributed by atoms with Crippen LogP contribution < -0.4 is 10.1 Å². The first-order valence-corrected chi connectivity index (χ1v) is 6.54. The van der Waals surface area contributed by atoms with Crippen LogP contribution in [-0.4, -0.2) is 30.0 Å². The molecule has 0 aliphatic heterocycles. The number of nitrogens with one attached hydrogen (secondary N) is 1. The number of aromatic hydroxyl groups is 1. The minimum Gasteiger partial charge on any atom is -0.504 e. The lowest BCUT2D eigenvalue weighted by Gasteiger charge is -2.18. The van der Waals surface area contributed by atoms with E-state index in [1.807, 2.05) is 13.0 Å². The Labute approximate surface area is 108 Å². The minimum absolute atomic E-state index is 0.0447. The van der Waals surface area contributed by atoms with Gasteiger partial charge in [-0.3, -0.25) is 0 Å². The molecule has 4 heteroatoms. The average Bonchev–Trinajstić information content (AvgIpc) is 3.18. The molecule has 1 aliphatic carbocycles. The van der Waals surface area contributed by atoms with Gasteiger partial charge in [-0.25, -0.2) is 0 Å². The van der Waals surface area contributed by atoms with Crippen molar-refractivity contribution in [2.45, 2.75) is 25.8 Å².